The van der Waals surface area contributed by atoms with Crippen molar-refractivity contribution in [1.82, 2.24) is 4.90 Å². The molecule has 0 spiro atoms. The number of hydrogen-bond donors (Lipinski definition) is 2. The van der Waals surface area contributed by atoms with Crippen molar-refractivity contribution in [3.05, 3.63) is 0 Å². The van der Waals surface area contributed by atoms with E-state index in [2.05, 4.69) is 25.8 Å². The first-order chi connectivity index (χ1) is 7.75. The summed E-state index contributed by atoms with van der Waals surface area (Å²) in [6.45, 7) is 9.31. The molecule has 1 aliphatic heterocycles. The highest BCUT2D eigenvalue weighted by molar-refractivity contribution is 4.87. The molecule has 1 aliphatic rings. The van der Waals surface area contributed by atoms with Crippen LogP contribution in [0, 0.1) is 5.41 Å². The van der Waals surface area contributed by atoms with Gasteiger partial charge in [0.2, 0.25) is 0 Å². The van der Waals surface area contributed by atoms with Crippen LogP contribution in [0.15, 0.2) is 0 Å². The topological polar surface area (TPSA) is 58.7 Å². The van der Waals surface area contributed by atoms with E-state index < -0.39 is 5.60 Å². The largest absolute Gasteiger partial charge is 0.388 e. The Balaban J connectivity index is 2.45. The maximum absolute atomic E-state index is 10.4. The number of nitrogens with zero attached hydrogens (tertiary/aromatic N) is 1. The van der Waals surface area contributed by atoms with Crippen molar-refractivity contribution in [3.8, 4) is 0 Å². The molecule has 4 nitrogen and oxygen atoms in total. The molecule has 0 radical (unpaired) electrons. The van der Waals surface area contributed by atoms with Crippen LogP contribution >= 0.6 is 0 Å². The summed E-state index contributed by atoms with van der Waals surface area (Å²) >= 11 is 0. The second-order valence-corrected chi connectivity index (χ2v) is 6.29. The summed E-state index contributed by atoms with van der Waals surface area (Å²) in [4.78, 5) is 2.19. The molecule has 0 aromatic rings. The minimum absolute atomic E-state index is 0.0658. The van der Waals surface area contributed by atoms with E-state index in [0.717, 1.165) is 19.4 Å². The van der Waals surface area contributed by atoms with Gasteiger partial charge in [-0.15, -0.1) is 0 Å². The van der Waals surface area contributed by atoms with Gasteiger partial charge in [0.25, 0.3) is 0 Å². The summed E-state index contributed by atoms with van der Waals surface area (Å²) in [7, 11) is 2.05. The molecule has 0 amide bonds. The van der Waals surface area contributed by atoms with Gasteiger partial charge in [0.15, 0.2) is 0 Å². The van der Waals surface area contributed by atoms with Gasteiger partial charge in [0.1, 0.15) is 0 Å². The predicted molar refractivity (Wildman–Crippen MR) is 69.9 cm³/mol. The average Bonchev–Trinajstić information content (AvgIpc) is 2.16. The van der Waals surface area contributed by atoms with E-state index >= 15 is 0 Å². The Bertz CT molecular complexity index is 236. The molecule has 0 saturated carbocycles. The Morgan fingerprint density at radius 1 is 1.41 bits per heavy atom. The third-order valence-electron chi connectivity index (χ3n) is 3.90. The molecule has 3 N–H and O–H groups in total. The van der Waals surface area contributed by atoms with Crippen molar-refractivity contribution in [2.45, 2.75) is 45.3 Å². The van der Waals surface area contributed by atoms with Crippen molar-refractivity contribution < 1.29 is 9.84 Å². The second kappa shape index (κ2) is 5.65. The zero-order valence-electron chi connectivity index (χ0n) is 11.7. The number of aliphatic hydroxyl groups is 1. The van der Waals surface area contributed by atoms with Gasteiger partial charge < -0.3 is 20.5 Å². The highest BCUT2D eigenvalue weighted by Gasteiger charge is 2.33. The summed E-state index contributed by atoms with van der Waals surface area (Å²) in [6, 6.07) is 0.147. The molecule has 1 heterocycles. The van der Waals surface area contributed by atoms with E-state index in [4.69, 9.17) is 10.5 Å². The zero-order chi connectivity index (χ0) is 13.1. The summed E-state index contributed by atoms with van der Waals surface area (Å²) in [5.41, 5.74) is 5.46. The molecule has 1 fully saturated rings. The Morgan fingerprint density at radius 3 is 2.41 bits per heavy atom. The van der Waals surface area contributed by atoms with Crippen LogP contribution in [0.25, 0.3) is 0 Å². The van der Waals surface area contributed by atoms with E-state index in [1.165, 1.54) is 0 Å². The zero-order valence-corrected chi connectivity index (χ0v) is 11.7. The second-order valence-electron chi connectivity index (χ2n) is 6.29. The lowest BCUT2D eigenvalue weighted by Gasteiger charge is -2.39. The van der Waals surface area contributed by atoms with Crippen LogP contribution in [0.5, 0.6) is 0 Å². The Labute approximate surface area is 105 Å². The fraction of sp³-hybridized carbons (Fsp3) is 1.00. The Morgan fingerprint density at radius 2 is 1.94 bits per heavy atom. The van der Waals surface area contributed by atoms with Gasteiger partial charge in [-0.3, -0.25) is 0 Å². The Kier molecular flexibility index (Phi) is 4.95. The lowest BCUT2D eigenvalue weighted by molar-refractivity contribution is -0.0799. The predicted octanol–water partition coefficient (Wildman–Crippen LogP) is 0.833. The number of likely N-dealkylation sites (N-methyl/N-ethyl adjacent to an activating group) is 1. The van der Waals surface area contributed by atoms with E-state index in [-0.39, 0.29) is 11.5 Å². The molecule has 1 unspecified atom stereocenters. The molecule has 1 rings (SSSR count). The Hall–Kier alpha value is -0.160. The van der Waals surface area contributed by atoms with Crippen molar-refractivity contribution in [1.29, 1.82) is 0 Å². The smallest absolute Gasteiger partial charge is 0.0817 e. The standard InChI is InChI=1S/C13H28N2O2/c1-11(14)12(2,3)9-15(4)10-13(16)5-7-17-8-6-13/h11,16H,5-10,14H2,1-4H3. The van der Waals surface area contributed by atoms with E-state index in [1.54, 1.807) is 0 Å². The monoisotopic (exact) mass is 244 g/mol. The molecule has 0 bridgehead atoms. The minimum Gasteiger partial charge on any atom is -0.388 e. The molecule has 0 aromatic heterocycles. The lowest BCUT2D eigenvalue weighted by atomic mass is 9.84. The van der Waals surface area contributed by atoms with Crippen LogP contribution in [0.1, 0.15) is 33.6 Å². The van der Waals surface area contributed by atoms with Gasteiger partial charge in [0.05, 0.1) is 5.60 Å². The van der Waals surface area contributed by atoms with E-state index in [0.29, 0.717) is 19.8 Å². The van der Waals surface area contributed by atoms with Gasteiger partial charge >= 0.3 is 0 Å². The third-order valence-corrected chi connectivity index (χ3v) is 3.90. The van der Waals surface area contributed by atoms with Crippen molar-refractivity contribution in [2.24, 2.45) is 11.1 Å². The van der Waals surface area contributed by atoms with Crippen LogP contribution < -0.4 is 5.73 Å². The highest BCUT2D eigenvalue weighted by Crippen LogP contribution is 2.24. The van der Waals surface area contributed by atoms with Crippen LogP contribution in [-0.4, -0.2) is 55.0 Å². The van der Waals surface area contributed by atoms with Crippen molar-refractivity contribution >= 4 is 0 Å². The first-order valence-electron chi connectivity index (χ1n) is 6.49. The van der Waals surface area contributed by atoms with Crippen molar-refractivity contribution in [3.63, 3.8) is 0 Å². The van der Waals surface area contributed by atoms with Gasteiger partial charge in [-0.25, -0.2) is 0 Å². The molecule has 4 heteroatoms. The molecular formula is C13H28N2O2. The number of nitrogens with two attached hydrogens (primary N) is 1. The molecule has 17 heavy (non-hydrogen) atoms. The quantitative estimate of drug-likeness (QED) is 0.752. The number of hydrogen-bond acceptors (Lipinski definition) is 4. The maximum Gasteiger partial charge on any atom is 0.0817 e. The number of ether oxygens (including phenoxy) is 1. The van der Waals surface area contributed by atoms with Crippen LogP contribution in [0.3, 0.4) is 0 Å². The van der Waals surface area contributed by atoms with Crippen LogP contribution in [0.2, 0.25) is 0 Å². The van der Waals surface area contributed by atoms with Gasteiger partial charge in [-0.2, -0.15) is 0 Å². The highest BCUT2D eigenvalue weighted by atomic mass is 16.5. The summed E-state index contributed by atoms with van der Waals surface area (Å²) in [6.07, 6.45) is 1.46. The molecule has 0 aromatic carbocycles. The molecule has 0 aliphatic carbocycles. The minimum atomic E-state index is -0.582. The molecule has 1 atom stereocenters. The summed E-state index contributed by atoms with van der Waals surface area (Å²) < 4.78 is 5.29. The van der Waals surface area contributed by atoms with Gasteiger partial charge in [-0.1, -0.05) is 13.8 Å². The lowest BCUT2D eigenvalue weighted by Crippen LogP contribution is -2.50. The van der Waals surface area contributed by atoms with Crippen molar-refractivity contribution in [2.75, 3.05) is 33.4 Å². The van der Waals surface area contributed by atoms with Crippen LogP contribution in [0.4, 0.5) is 0 Å². The summed E-state index contributed by atoms with van der Waals surface area (Å²) in [5.74, 6) is 0. The SMILES string of the molecule is CC(N)C(C)(C)CN(C)CC1(O)CCOCC1. The van der Waals surface area contributed by atoms with Gasteiger partial charge in [0, 0.05) is 45.2 Å². The van der Waals surface area contributed by atoms with E-state index in [1.807, 2.05) is 6.92 Å². The normalized spacial score (nSPS) is 22.8. The maximum atomic E-state index is 10.4. The first kappa shape index (κ1) is 14.9. The van der Waals surface area contributed by atoms with Gasteiger partial charge in [-0.05, 0) is 19.4 Å². The number of rotatable bonds is 5. The van der Waals surface area contributed by atoms with Crippen LogP contribution in [-0.2, 0) is 4.74 Å². The fourth-order valence-corrected chi connectivity index (χ4v) is 2.31. The molecular weight excluding hydrogens is 216 g/mol. The third kappa shape index (κ3) is 4.54. The fourth-order valence-electron chi connectivity index (χ4n) is 2.31. The van der Waals surface area contributed by atoms with E-state index in [9.17, 15) is 5.11 Å². The summed E-state index contributed by atoms with van der Waals surface area (Å²) in [5, 5.41) is 10.4. The molecule has 102 valence electrons. The molecule has 1 saturated heterocycles. The first-order valence-corrected chi connectivity index (χ1v) is 6.49. The average molecular weight is 244 g/mol.